The van der Waals surface area contributed by atoms with Crippen molar-refractivity contribution in [1.82, 2.24) is 10.6 Å². The number of alkyl carbamates (subject to hydrolysis) is 1. The third-order valence-electron chi connectivity index (χ3n) is 3.95. The number of nitrogens with one attached hydrogen (secondary N) is 2. The largest absolute Gasteiger partial charge is 0.444 e. The first-order valence-corrected chi connectivity index (χ1v) is 9.03. The molecule has 1 atom stereocenters. The van der Waals surface area contributed by atoms with Crippen LogP contribution in [-0.4, -0.2) is 44.5 Å². The van der Waals surface area contributed by atoms with Gasteiger partial charge >= 0.3 is 6.09 Å². The molecule has 1 aliphatic carbocycles. The molecule has 0 aromatic carbocycles. The van der Waals surface area contributed by atoms with Crippen molar-refractivity contribution in [3.8, 4) is 0 Å². The van der Waals surface area contributed by atoms with Crippen molar-refractivity contribution in [2.75, 3.05) is 32.8 Å². The molecule has 0 aliphatic heterocycles. The molecule has 1 saturated carbocycles. The van der Waals surface area contributed by atoms with Crippen LogP contribution >= 0.6 is 0 Å². The van der Waals surface area contributed by atoms with Crippen LogP contribution in [0.5, 0.6) is 0 Å². The van der Waals surface area contributed by atoms with Gasteiger partial charge in [0.15, 0.2) is 0 Å². The molecule has 0 saturated heterocycles. The molecule has 1 amide bonds. The highest BCUT2D eigenvalue weighted by Gasteiger charge is 2.21. The summed E-state index contributed by atoms with van der Waals surface area (Å²) in [5.41, 5.74) is -0.448. The molecule has 1 fully saturated rings. The predicted molar refractivity (Wildman–Crippen MR) is 93.6 cm³/mol. The number of hydrogen-bond acceptors (Lipinski definition) is 4. The van der Waals surface area contributed by atoms with Crippen molar-refractivity contribution in [3.05, 3.63) is 0 Å². The summed E-state index contributed by atoms with van der Waals surface area (Å²) in [5.74, 6) is 1.74. The van der Waals surface area contributed by atoms with Crippen molar-refractivity contribution >= 4 is 6.09 Å². The van der Waals surface area contributed by atoms with Crippen LogP contribution in [0.3, 0.4) is 0 Å². The lowest BCUT2D eigenvalue weighted by atomic mass is 9.96. The monoisotopic (exact) mass is 328 g/mol. The third-order valence-corrected chi connectivity index (χ3v) is 3.95. The zero-order valence-corrected chi connectivity index (χ0v) is 15.6. The topological polar surface area (TPSA) is 59.6 Å². The van der Waals surface area contributed by atoms with E-state index in [1.807, 2.05) is 20.8 Å². The molecule has 0 radical (unpaired) electrons. The molecular formula is C18H36N2O3. The van der Waals surface area contributed by atoms with E-state index in [1.165, 1.54) is 12.8 Å². The molecular weight excluding hydrogens is 292 g/mol. The Kier molecular flexibility index (Phi) is 8.92. The molecule has 0 aromatic rings. The van der Waals surface area contributed by atoms with Crippen molar-refractivity contribution in [2.24, 2.45) is 17.8 Å². The molecule has 1 aliphatic rings. The van der Waals surface area contributed by atoms with Gasteiger partial charge in [0.05, 0.1) is 0 Å². The van der Waals surface area contributed by atoms with Gasteiger partial charge in [0.2, 0.25) is 0 Å². The molecule has 0 spiro atoms. The summed E-state index contributed by atoms with van der Waals surface area (Å²) in [5, 5.41) is 6.35. The van der Waals surface area contributed by atoms with Gasteiger partial charge in [0.1, 0.15) is 5.60 Å². The van der Waals surface area contributed by atoms with Gasteiger partial charge < -0.3 is 20.1 Å². The Morgan fingerprint density at radius 3 is 2.48 bits per heavy atom. The smallest absolute Gasteiger partial charge is 0.407 e. The van der Waals surface area contributed by atoms with E-state index in [0.29, 0.717) is 18.4 Å². The van der Waals surface area contributed by atoms with Gasteiger partial charge in [-0.1, -0.05) is 13.8 Å². The Labute approximate surface area is 141 Å². The molecule has 136 valence electrons. The highest BCUT2D eigenvalue weighted by Crippen LogP contribution is 2.28. The third kappa shape index (κ3) is 11.4. The zero-order valence-electron chi connectivity index (χ0n) is 15.6. The highest BCUT2D eigenvalue weighted by molar-refractivity contribution is 5.67. The van der Waals surface area contributed by atoms with Gasteiger partial charge in [-0.2, -0.15) is 0 Å². The summed E-state index contributed by atoms with van der Waals surface area (Å²) >= 11 is 0. The van der Waals surface area contributed by atoms with Crippen LogP contribution in [0.15, 0.2) is 0 Å². The van der Waals surface area contributed by atoms with E-state index in [0.717, 1.165) is 38.6 Å². The van der Waals surface area contributed by atoms with Crippen LogP contribution < -0.4 is 10.6 Å². The van der Waals surface area contributed by atoms with E-state index in [-0.39, 0.29) is 6.09 Å². The Hall–Kier alpha value is -0.810. The predicted octanol–water partition coefficient (Wildman–Crippen LogP) is 3.19. The minimum absolute atomic E-state index is 0.336. The number of carbonyl (C=O) groups is 1. The van der Waals surface area contributed by atoms with Crippen LogP contribution in [0, 0.1) is 17.8 Å². The Morgan fingerprint density at radius 1 is 1.22 bits per heavy atom. The van der Waals surface area contributed by atoms with Gasteiger partial charge in [0.25, 0.3) is 0 Å². The average Bonchev–Trinajstić information content (AvgIpc) is 3.22. The fourth-order valence-electron chi connectivity index (χ4n) is 2.19. The molecule has 0 aromatic heterocycles. The van der Waals surface area contributed by atoms with Crippen molar-refractivity contribution in [1.29, 1.82) is 0 Å². The van der Waals surface area contributed by atoms with Gasteiger partial charge in [0, 0.05) is 19.8 Å². The maximum atomic E-state index is 11.7. The summed E-state index contributed by atoms with van der Waals surface area (Å²) in [4.78, 5) is 11.7. The summed E-state index contributed by atoms with van der Waals surface area (Å²) in [6, 6.07) is 0. The summed E-state index contributed by atoms with van der Waals surface area (Å²) in [6.07, 6.45) is 3.39. The summed E-state index contributed by atoms with van der Waals surface area (Å²) < 4.78 is 10.9. The van der Waals surface area contributed by atoms with Gasteiger partial charge in [-0.25, -0.2) is 4.79 Å². The first kappa shape index (κ1) is 20.2. The molecule has 23 heavy (non-hydrogen) atoms. The number of ether oxygens (including phenoxy) is 2. The molecule has 0 bridgehead atoms. The summed E-state index contributed by atoms with van der Waals surface area (Å²) in [7, 11) is 0. The van der Waals surface area contributed by atoms with E-state index in [1.54, 1.807) is 0 Å². The Morgan fingerprint density at radius 2 is 1.91 bits per heavy atom. The maximum Gasteiger partial charge on any atom is 0.407 e. The van der Waals surface area contributed by atoms with Crippen LogP contribution in [0.2, 0.25) is 0 Å². The number of amides is 1. The summed E-state index contributed by atoms with van der Waals surface area (Å²) in [6.45, 7) is 14.3. The van der Waals surface area contributed by atoms with Crippen LogP contribution in [-0.2, 0) is 9.47 Å². The second kappa shape index (κ2) is 10.1. The van der Waals surface area contributed by atoms with E-state index in [9.17, 15) is 4.79 Å². The van der Waals surface area contributed by atoms with Gasteiger partial charge in [-0.3, -0.25) is 0 Å². The van der Waals surface area contributed by atoms with Crippen molar-refractivity contribution < 1.29 is 14.3 Å². The maximum absolute atomic E-state index is 11.7. The van der Waals surface area contributed by atoms with Gasteiger partial charge in [-0.15, -0.1) is 0 Å². The quantitative estimate of drug-likeness (QED) is 0.572. The highest BCUT2D eigenvalue weighted by atomic mass is 16.6. The molecule has 0 heterocycles. The molecule has 2 N–H and O–H groups in total. The van der Waals surface area contributed by atoms with Gasteiger partial charge in [-0.05, 0) is 70.9 Å². The lowest BCUT2D eigenvalue weighted by molar-refractivity contribution is 0.0515. The standard InChI is InChI=1S/C18H36N2O3/c1-14(2)16(12-20-17(21)23-18(3,4)5)11-19-9-6-10-22-13-15-7-8-15/h14-16,19H,6-13H2,1-5H3,(H,20,21). The molecule has 1 rings (SSSR count). The van der Waals surface area contributed by atoms with E-state index in [4.69, 9.17) is 9.47 Å². The lowest BCUT2D eigenvalue weighted by Crippen LogP contribution is -2.39. The number of carbonyl (C=O) groups excluding carboxylic acids is 1. The first-order chi connectivity index (χ1) is 10.8. The SMILES string of the molecule is CC(C)C(CNCCCOCC1CC1)CNC(=O)OC(C)(C)C. The number of hydrogen-bond donors (Lipinski definition) is 2. The first-order valence-electron chi connectivity index (χ1n) is 9.03. The minimum atomic E-state index is -0.448. The van der Waals surface area contributed by atoms with E-state index >= 15 is 0 Å². The lowest BCUT2D eigenvalue weighted by Gasteiger charge is -2.24. The van der Waals surface area contributed by atoms with Crippen molar-refractivity contribution in [2.45, 2.75) is 59.5 Å². The normalized spacial score (nSPS) is 16.4. The van der Waals surface area contributed by atoms with Crippen molar-refractivity contribution in [3.63, 3.8) is 0 Å². The Bertz CT molecular complexity index is 336. The van der Waals surface area contributed by atoms with Crippen LogP contribution in [0.25, 0.3) is 0 Å². The molecule has 1 unspecified atom stereocenters. The minimum Gasteiger partial charge on any atom is -0.444 e. The Balaban J connectivity index is 2.07. The van der Waals surface area contributed by atoms with Crippen LogP contribution in [0.4, 0.5) is 4.79 Å². The van der Waals surface area contributed by atoms with Crippen LogP contribution in [0.1, 0.15) is 53.9 Å². The fourth-order valence-corrected chi connectivity index (χ4v) is 2.19. The molecule has 5 heteroatoms. The average molecular weight is 328 g/mol. The second-order valence-electron chi connectivity index (χ2n) is 7.96. The van der Waals surface area contributed by atoms with E-state index < -0.39 is 5.60 Å². The zero-order chi connectivity index (χ0) is 17.3. The van der Waals surface area contributed by atoms with E-state index in [2.05, 4.69) is 24.5 Å². The second-order valence-corrected chi connectivity index (χ2v) is 7.96. The molecule has 5 nitrogen and oxygen atoms in total. The number of rotatable bonds is 11. The fraction of sp³-hybridized carbons (Fsp3) is 0.944.